The number of hydrogen-bond donors (Lipinski definition) is 1. The number of benzene rings is 2. The van der Waals surface area contributed by atoms with Crippen molar-refractivity contribution in [1.82, 2.24) is 5.32 Å². The molecule has 1 fully saturated rings. The summed E-state index contributed by atoms with van der Waals surface area (Å²) in [4.78, 5) is 0. The third-order valence-corrected chi connectivity index (χ3v) is 4.24. The van der Waals surface area contributed by atoms with Gasteiger partial charge in [-0.2, -0.15) is 0 Å². The molecule has 2 aromatic carbocycles. The van der Waals surface area contributed by atoms with Crippen LogP contribution in [0.1, 0.15) is 24.9 Å². The highest BCUT2D eigenvalue weighted by atomic mass is 16.5. The average molecular weight is 255 g/mol. The first-order chi connectivity index (χ1) is 9.31. The van der Waals surface area contributed by atoms with Gasteiger partial charge in [0, 0.05) is 6.61 Å². The molecule has 1 aliphatic heterocycles. The summed E-state index contributed by atoms with van der Waals surface area (Å²) in [6.45, 7) is 3.17. The summed E-state index contributed by atoms with van der Waals surface area (Å²) in [7, 11) is 2.03. The summed E-state index contributed by atoms with van der Waals surface area (Å²) in [6, 6.07) is 15.4. The normalized spacial score (nSPS) is 24.7. The molecule has 0 saturated carbocycles. The Morgan fingerprint density at radius 2 is 1.95 bits per heavy atom. The third kappa shape index (κ3) is 2.26. The van der Waals surface area contributed by atoms with Crippen molar-refractivity contribution >= 4 is 10.8 Å². The second kappa shape index (κ2) is 5.32. The summed E-state index contributed by atoms with van der Waals surface area (Å²) < 4.78 is 5.96. The van der Waals surface area contributed by atoms with Gasteiger partial charge in [-0.1, -0.05) is 49.4 Å². The first-order valence-corrected chi connectivity index (χ1v) is 7.08. The topological polar surface area (TPSA) is 21.3 Å². The molecule has 0 amide bonds. The highest BCUT2D eigenvalue weighted by Gasteiger charge is 2.32. The van der Waals surface area contributed by atoms with Gasteiger partial charge in [0.15, 0.2) is 0 Å². The molecule has 2 nitrogen and oxygen atoms in total. The maximum absolute atomic E-state index is 5.96. The Morgan fingerprint density at radius 3 is 2.68 bits per heavy atom. The molecule has 0 spiro atoms. The van der Waals surface area contributed by atoms with E-state index in [1.165, 1.54) is 16.3 Å². The minimum Gasteiger partial charge on any atom is -0.376 e. The Morgan fingerprint density at radius 1 is 1.16 bits per heavy atom. The van der Waals surface area contributed by atoms with E-state index in [0.717, 1.165) is 13.0 Å². The minimum atomic E-state index is 0.267. The van der Waals surface area contributed by atoms with Crippen LogP contribution in [0.4, 0.5) is 0 Å². The molecule has 19 heavy (non-hydrogen) atoms. The van der Waals surface area contributed by atoms with Gasteiger partial charge in [0.25, 0.3) is 0 Å². The molecule has 0 aliphatic carbocycles. The fourth-order valence-corrected chi connectivity index (χ4v) is 3.16. The number of fused-ring (bicyclic) bond motifs is 1. The minimum absolute atomic E-state index is 0.267. The van der Waals surface area contributed by atoms with Crippen molar-refractivity contribution in [3.05, 3.63) is 48.0 Å². The van der Waals surface area contributed by atoms with Crippen LogP contribution in [0.5, 0.6) is 0 Å². The highest BCUT2D eigenvalue weighted by Crippen LogP contribution is 2.34. The van der Waals surface area contributed by atoms with Crippen LogP contribution >= 0.6 is 0 Å². The number of nitrogens with one attached hydrogen (secondary N) is 1. The second-order valence-corrected chi connectivity index (χ2v) is 5.44. The predicted molar refractivity (Wildman–Crippen MR) is 79.3 cm³/mol. The van der Waals surface area contributed by atoms with Gasteiger partial charge in [-0.25, -0.2) is 0 Å². The van der Waals surface area contributed by atoms with Crippen LogP contribution in [0.3, 0.4) is 0 Å². The van der Waals surface area contributed by atoms with E-state index in [2.05, 4.69) is 54.7 Å². The van der Waals surface area contributed by atoms with E-state index in [0.29, 0.717) is 5.92 Å². The van der Waals surface area contributed by atoms with Crippen molar-refractivity contribution in [2.45, 2.75) is 25.5 Å². The first kappa shape index (κ1) is 12.6. The quantitative estimate of drug-likeness (QED) is 0.906. The first-order valence-electron chi connectivity index (χ1n) is 7.08. The van der Waals surface area contributed by atoms with Gasteiger partial charge in [0.2, 0.25) is 0 Å². The number of ether oxygens (including phenoxy) is 1. The summed E-state index contributed by atoms with van der Waals surface area (Å²) >= 11 is 0. The number of likely N-dealkylation sites (N-methyl/N-ethyl adjacent to an activating group) is 1. The standard InChI is InChI=1S/C17H21NO/c1-12-10-11-19-17(12)16(18-2)15-9-5-7-13-6-3-4-8-14(13)15/h3-9,12,16-18H,10-11H2,1-2H3. The van der Waals surface area contributed by atoms with Crippen molar-refractivity contribution in [3.63, 3.8) is 0 Å². The summed E-state index contributed by atoms with van der Waals surface area (Å²) in [5.41, 5.74) is 1.35. The molecule has 0 aromatic heterocycles. The monoisotopic (exact) mass is 255 g/mol. The smallest absolute Gasteiger partial charge is 0.0796 e. The van der Waals surface area contributed by atoms with Crippen LogP contribution in [-0.2, 0) is 4.74 Å². The van der Waals surface area contributed by atoms with E-state index in [4.69, 9.17) is 4.74 Å². The lowest BCUT2D eigenvalue weighted by molar-refractivity contribution is 0.0635. The molecular formula is C17H21NO. The van der Waals surface area contributed by atoms with E-state index in [9.17, 15) is 0 Å². The van der Waals surface area contributed by atoms with Crippen molar-refractivity contribution < 1.29 is 4.74 Å². The molecule has 0 bridgehead atoms. The van der Waals surface area contributed by atoms with Crippen LogP contribution in [0, 0.1) is 5.92 Å². The van der Waals surface area contributed by atoms with E-state index in [-0.39, 0.29) is 12.1 Å². The lowest BCUT2D eigenvalue weighted by atomic mass is 9.90. The van der Waals surface area contributed by atoms with Crippen molar-refractivity contribution in [3.8, 4) is 0 Å². The van der Waals surface area contributed by atoms with E-state index >= 15 is 0 Å². The van der Waals surface area contributed by atoms with Gasteiger partial charge in [-0.15, -0.1) is 0 Å². The molecule has 1 saturated heterocycles. The molecule has 1 N–H and O–H groups in total. The number of hydrogen-bond acceptors (Lipinski definition) is 2. The molecular weight excluding hydrogens is 234 g/mol. The SMILES string of the molecule is CNC(c1cccc2ccccc12)C1OCCC1C. The lowest BCUT2D eigenvalue weighted by Gasteiger charge is -2.27. The van der Waals surface area contributed by atoms with Crippen LogP contribution < -0.4 is 5.32 Å². The van der Waals surface area contributed by atoms with Gasteiger partial charge in [0.05, 0.1) is 12.1 Å². The Labute approximate surface area is 114 Å². The number of rotatable bonds is 3. The van der Waals surface area contributed by atoms with Gasteiger partial charge in [-0.05, 0) is 35.7 Å². The fraction of sp³-hybridized carbons (Fsp3) is 0.412. The van der Waals surface area contributed by atoms with Gasteiger partial charge < -0.3 is 10.1 Å². The summed E-state index contributed by atoms with van der Waals surface area (Å²) in [5.74, 6) is 0.608. The van der Waals surface area contributed by atoms with Crippen LogP contribution in [0.15, 0.2) is 42.5 Å². The zero-order valence-electron chi connectivity index (χ0n) is 11.6. The lowest BCUT2D eigenvalue weighted by Crippen LogP contribution is -2.32. The molecule has 1 heterocycles. The van der Waals surface area contributed by atoms with E-state index in [1.54, 1.807) is 0 Å². The van der Waals surface area contributed by atoms with Gasteiger partial charge in [0.1, 0.15) is 0 Å². The van der Waals surface area contributed by atoms with E-state index in [1.807, 2.05) is 7.05 Å². The van der Waals surface area contributed by atoms with Crippen LogP contribution in [0.2, 0.25) is 0 Å². The zero-order chi connectivity index (χ0) is 13.2. The largest absolute Gasteiger partial charge is 0.376 e. The zero-order valence-corrected chi connectivity index (χ0v) is 11.6. The second-order valence-electron chi connectivity index (χ2n) is 5.44. The molecule has 1 aliphatic rings. The molecule has 3 unspecified atom stereocenters. The highest BCUT2D eigenvalue weighted by molar-refractivity contribution is 5.86. The third-order valence-electron chi connectivity index (χ3n) is 4.24. The maximum atomic E-state index is 5.96. The van der Waals surface area contributed by atoms with Crippen molar-refractivity contribution in [1.29, 1.82) is 0 Å². The van der Waals surface area contributed by atoms with Crippen molar-refractivity contribution in [2.24, 2.45) is 5.92 Å². The van der Waals surface area contributed by atoms with Crippen LogP contribution in [-0.4, -0.2) is 19.8 Å². The summed E-state index contributed by atoms with van der Waals surface area (Å²) in [6.07, 6.45) is 1.43. The Bertz CT molecular complexity index is 561. The maximum Gasteiger partial charge on any atom is 0.0796 e. The fourth-order valence-electron chi connectivity index (χ4n) is 3.16. The Balaban J connectivity index is 2.06. The molecule has 2 heteroatoms. The molecule has 0 radical (unpaired) electrons. The average Bonchev–Trinajstić information content (AvgIpc) is 2.86. The summed E-state index contributed by atoms with van der Waals surface area (Å²) in [5, 5.41) is 6.08. The van der Waals surface area contributed by atoms with Crippen LogP contribution in [0.25, 0.3) is 10.8 Å². The van der Waals surface area contributed by atoms with Gasteiger partial charge >= 0.3 is 0 Å². The molecule has 100 valence electrons. The van der Waals surface area contributed by atoms with Crippen molar-refractivity contribution in [2.75, 3.05) is 13.7 Å². The predicted octanol–water partition coefficient (Wildman–Crippen LogP) is 3.53. The molecule has 3 atom stereocenters. The van der Waals surface area contributed by atoms with E-state index < -0.39 is 0 Å². The van der Waals surface area contributed by atoms with Gasteiger partial charge in [-0.3, -0.25) is 0 Å². The molecule has 3 rings (SSSR count). The Kier molecular flexibility index (Phi) is 3.54. The Hall–Kier alpha value is -1.38. The molecule has 2 aromatic rings.